The van der Waals surface area contributed by atoms with E-state index in [9.17, 15) is 0 Å². The lowest BCUT2D eigenvalue weighted by Gasteiger charge is -2.35. The Morgan fingerprint density at radius 1 is 0.310 bits per heavy atom. The second-order valence-electron chi connectivity index (χ2n) is 15.2. The SMILES string of the molecule is c1ccc(-n2c3ccccc3c3ccc([Si](c4ccccc4)(c4ccccc4)c4cccc(-n5c6ccccc6c6ccc7c8ccccc8oc7c65)c4)cc32)cc1. The minimum atomic E-state index is -3.00. The summed E-state index contributed by atoms with van der Waals surface area (Å²) in [6.45, 7) is 0. The summed E-state index contributed by atoms with van der Waals surface area (Å²) in [4.78, 5) is 0. The Hall–Kier alpha value is -7.40. The first-order valence-corrected chi connectivity index (χ1v) is 21.9. The first-order valence-electron chi connectivity index (χ1n) is 19.9. The fraction of sp³-hybridized carbons (Fsp3) is 0. The van der Waals surface area contributed by atoms with E-state index >= 15 is 0 Å². The van der Waals surface area contributed by atoms with Crippen LogP contribution < -0.4 is 20.7 Å². The minimum Gasteiger partial charge on any atom is -0.454 e. The molecule has 9 aromatic carbocycles. The molecule has 0 unspecified atom stereocenters. The van der Waals surface area contributed by atoms with Crippen LogP contribution >= 0.6 is 0 Å². The standard InChI is InChI=1S/C54H36N2OSi/c1-4-17-37(18-5-1)55-49-28-13-10-25-43(49)45-32-31-42(36-51(45)55)58(39-20-6-2-7-21-39,40-22-8-3-9-23-40)41-24-16-19-38(35-41)56-50-29-14-11-26-44(50)47-33-34-48-46-27-12-15-30-52(46)57-54(48)53(47)56/h1-36H. The molecule has 3 nitrogen and oxygen atoms in total. The number of furan rings is 1. The van der Waals surface area contributed by atoms with E-state index in [1.54, 1.807) is 0 Å². The van der Waals surface area contributed by atoms with Gasteiger partial charge in [0.1, 0.15) is 5.58 Å². The number of hydrogen-bond donors (Lipinski definition) is 0. The zero-order chi connectivity index (χ0) is 38.2. The molecular formula is C54H36N2OSi. The van der Waals surface area contributed by atoms with Crippen molar-refractivity contribution in [3.63, 3.8) is 0 Å². The largest absolute Gasteiger partial charge is 0.454 e. The summed E-state index contributed by atoms with van der Waals surface area (Å²) in [6, 6.07) is 80.3. The molecule has 0 spiro atoms. The highest BCUT2D eigenvalue weighted by Crippen LogP contribution is 2.40. The molecule has 0 aliphatic rings. The zero-order valence-corrected chi connectivity index (χ0v) is 32.6. The third-order valence-electron chi connectivity index (χ3n) is 12.3. The number of benzene rings is 9. The van der Waals surface area contributed by atoms with Gasteiger partial charge in [0, 0.05) is 43.7 Å². The highest BCUT2D eigenvalue weighted by molar-refractivity contribution is 7.20. The fourth-order valence-corrected chi connectivity index (χ4v) is 14.6. The summed E-state index contributed by atoms with van der Waals surface area (Å²) < 4.78 is 11.6. The molecule has 0 N–H and O–H groups in total. The van der Waals surface area contributed by atoms with Gasteiger partial charge in [0.15, 0.2) is 13.7 Å². The van der Waals surface area contributed by atoms with Gasteiger partial charge in [-0.2, -0.15) is 0 Å². The molecule has 0 radical (unpaired) electrons. The van der Waals surface area contributed by atoms with Gasteiger partial charge >= 0.3 is 0 Å². The quantitative estimate of drug-likeness (QED) is 0.122. The second kappa shape index (κ2) is 12.8. The van der Waals surface area contributed by atoms with Crippen LogP contribution in [-0.4, -0.2) is 17.2 Å². The fourth-order valence-electron chi connectivity index (χ4n) is 9.81. The van der Waals surface area contributed by atoms with Crippen molar-refractivity contribution in [1.82, 2.24) is 9.13 Å². The van der Waals surface area contributed by atoms with Crippen molar-refractivity contribution in [2.24, 2.45) is 0 Å². The number of para-hydroxylation sites is 4. The summed E-state index contributed by atoms with van der Waals surface area (Å²) in [7, 11) is -3.00. The molecule has 0 amide bonds. The average molecular weight is 757 g/mol. The van der Waals surface area contributed by atoms with E-state index in [4.69, 9.17) is 4.42 Å². The van der Waals surface area contributed by atoms with Crippen molar-refractivity contribution < 1.29 is 4.42 Å². The summed E-state index contributed by atoms with van der Waals surface area (Å²) >= 11 is 0. The van der Waals surface area contributed by atoms with Crippen LogP contribution in [0.1, 0.15) is 0 Å². The number of fused-ring (bicyclic) bond motifs is 10. The molecule has 3 heterocycles. The number of aromatic nitrogens is 2. The molecular weight excluding hydrogens is 721 g/mol. The smallest absolute Gasteiger partial charge is 0.179 e. The molecule has 0 atom stereocenters. The average Bonchev–Trinajstić information content (AvgIpc) is 3.96. The van der Waals surface area contributed by atoms with Crippen molar-refractivity contribution in [3.05, 3.63) is 218 Å². The van der Waals surface area contributed by atoms with E-state index in [1.165, 1.54) is 53.3 Å². The molecule has 12 rings (SSSR count). The maximum absolute atomic E-state index is 6.76. The lowest BCUT2D eigenvalue weighted by molar-refractivity contribution is 0.671. The zero-order valence-electron chi connectivity index (χ0n) is 31.6. The molecule has 0 aliphatic heterocycles. The maximum atomic E-state index is 6.76. The number of hydrogen-bond acceptors (Lipinski definition) is 1. The van der Waals surface area contributed by atoms with Crippen LogP contribution in [0.3, 0.4) is 0 Å². The molecule has 0 fully saturated rings. The summed E-state index contributed by atoms with van der Waals surface area (Å²) in [6.07, 6.45) is 0. The van der Waals surface area contributed by atoms with E-state index in [2.05, 4.69) is 228 Å². The van der Waals surface area contributed by atoms with Crippen molar-refractivity contribution >= 4 is 94.4 Å². The van der Waals surface area contributed by atoms with Gasteiger partial charge in [-0.1, -0.05) is 164 Å². The molecule has 3 aromatic heterocycles. The van der Waals surface area contributed by atoms with Gasteiger partial charge in [-0.15, -0.1) is 0 Å². The molecule has 12 aromatic rings. The molecule has 0 saturated heterocycles. The lowest BCUT2D eigenvalue weighted by atomic mass is 10.1. The summed E-state index contributed by atoms with van der Waals surface area (Å²) in [5, 5.41) is 12.5. The van der Waals surface area contributed by atoms with E-state index in [1.807, 2.05) is 0 Å². The van der Waals surface area contributed by atoms with Crippen LogP contribution in [0.2, 0.25) is 0 Å². The van der Waals surface area contributed by atoms with Crippen molar-refractivity contribution in [2.75, 3.05) is 0 Å². The lowest BCUT2D eigenvalue weighted by Crippen LogP contribution is -2.74. The Labute approximate surface area is 336 Å². The molecule has 272 valence electrons. The van der Waals surface area contributed by atoms with Crippen LogP contribution in [0.25, 0.3) is 76.9 Å². The Bertz CT molecular complexity index is 3470. The third-order valence-corrected chi connectivity index (χ3v) is 17.0. The van der Waals surface area contributed by atoms with Gasteiger partial charge in [0.2, 0.25) is 0 Å². The van der Waals surface area contributed by atoms with Gasteiger partial charge in [0.05, 0.1) is 22.1 Å². The Morgan fingerprint density at radius 3 is 1.53 bits per heavy atom. The normalized spacial score (nSPS) is 12.1. The van der Waals surface area contributed by atoms with Crippen LogP contribution in [0.5, 0.6) is 0 Å². The number of nitrogens with zero attached hydrogens (tertiary/aromatic N) is 2. The first kappa shape index (κ1) is 32.8. The maximum Gasteiger partial charge on any atom is 0.179 e. The van der Waals surface area contributed by atoms with Gasteiger partial charge in [-0.25, -0.2) is 0 Å². The number of rotatable bonds is 6. The van der Waals surface area contributed by atoms with Gasteiger partial charge in [-0.3, -0.25) is 0 Å². The molecule has 58 heavy (non-hydrogen) atoms. The Balaban J connectivity index is 1.19. The van der Waals surface area contributed by atoms with E-state index < -0.39 is 8.07 Å². The molecule has 0 bridgehead atoms. The highest BCUT2D eigenvalue weighted by atomic mass is 28.3. The van der Waals surface area contributed by atoms with Gasteiger partial charge < -0.3 is 13.6 Å². The van der Waals surface area contributed by atoms with Crippen LogP contribution in [0.4, 0.5) is 0 Å². The Morgan fingerprint density at radius 2 is 0.810 bits per heavy atom. The molecule has 4 heteroatoms. The van der Waals surface area contributed by atoms with Crippen molar-refractivity contribution in [2.45, 2.75) is 0 Å². The molecule has 0 aliphatic carbocycles. The molecule has 0 saturated carbocycles. The van der Waals surface area contributed by atoms with E-state index in [0.717, 1.165) is 44.3 Å². The predicted molar refractivity (Wildman–Crippen MR) is 246 cm³/mol. The monoisotopic (exact) mass is 756 g/mol. The van der Waals surface area contributed by atoms with Gasteiger partial charge in [-0.05, 0) is 75.3 Å². The van der Waals surface area contributed by atoms with Crippen molar-refractivity contribution in [1.29, 1.82) is 0 Å². The van der Waals surface area contributed by atoms with E-state index in [0.29, 0.717) is 0 Å². The van der Waals surface area contributed by atoms with Gasteiger partial charge in [0.25, 0.3) is 0 Å². The summed E-state index contributed by atoms with van der Waals surface area (Å²) in [5.41, 5.74) is 8.74. The van der Waals surface area contributed by atoms with Crippen molar-refractivity contribution in [3.8, 4) is 11.4 Å². The van der Waals surface area contributed by atoms with E-state index in [-0.39, 0.29) is 0 Å². The third kappa shape index (κ3) is 4.67. The van der Waals surface area contributed by atoms with Crippen LogP contribution in [-0.2, 0) is 0 Å². The van der Waals surface area contributed by atoms with Crippen LogP contribution in [0.15, 0.2) is 223 Å². The topological polar surface area (TPSA) is 23.0 Å². The van der Waals surface area contributed by atoms with Crippen LogP contribution in [0, 0.1) is 0 Å². The summed E-state index contributed by atoms with van der Waals surface area (Å²) in [5.74, 6) is 0. The minimum absolute atomic E-state index is 0.901. The Kier molecular flexibility index (Phi) is 7.25. The first-order chi connectivity index (χ1) is 28.8. The highest BCUT2D eigenvalue weighted by Gasteiger charge is 2.42. The predicted octanol–water partition coefficient (Wildman–Crippen LogP) is 11.2. The second-order valence-corrected chi connectivity index (χ2v) is 19.1.